The molecule has 1 aromatic heterocycles. The quantitative estimate of drug-likeness (QED) is 0.799. The Kier molecular flexibility index (Phi) is 2.71. The van der Waals surface area contributed by atoms with Crippen molar-refractivity contribution in [2.24, 2.45) is 7.05 Å². The van der Waals surface area contributed by atoms with Gasteiger partial charge in [-0.25, -0.2) is 4.98 Å². The second kappa shape index (κ2) is 4.05. The Hall–Kier alpha value is -2.10. The highest BCUT2D eigenvalue weighted by Crippen LogP contribution is 2.17. The number of aryl methyl sites for hydroxylation is 2. The van der Waals surface area contributed by atoms with E-state index in [1.54, 1.807) is 23.7 Å². The van der Waals surface area contributed by atoms with E-state index in [1.807, 2.05) is 26.0 Å². The number of carbonyl (C=O) groups excluding carboxylic acids is 1. The molecule has 0 spiro atoms. The van der Waals surface area contributed by atoms with Gasteiger partial charge in [-0.05, 0) is 13.8 Å². The monoisotopic (exact) mass is 229 g/mol. The molecule has 2 N–H and O–H groups in total. The number of hydrogen-bond acceptors (Lipinski definition) is 3. The molecule has 0 saturated carbocycles. The van der Waals surface area contributed by atoms with Crippen molar-refractivity contribution in [2.75, 3.05) is 5.73 Å². The van der Waals surface area contributed by atoms with Gasteiger partial charge in [0.25, 0.3) is 0 Å². The molecule has 0 aliphatic carbocycles. The van der Waals surface area contributed by atoms with Gasteiger partial charge in [-0.1, -0.05) is 29.8 Å². The smallest absolute Gasteiger partial charge is 0.215 e. The molecule has 0 aliphatic heterocycles. The fraction of sp³-hybridized carbons (Fsp3) is 0.231. The van der Waals surface area contributed by atoms with E-state index >= 15 is 0 Å². The van der Waals surface area contributed by atoms with Gasteiger partial charge in [0.05, 0.1) is 0 Å². The minimum atomic E-state index is -0.133. The van der Waals surface area contributed by atoms with Crippen molar-refractivity contribution in [1.29, 1.82) is 0 Å². The molecule has 0 bridgehead atoms. The largest absolute Gasteiger partial charge is 0.383 e. The van der Waals surface area contributed by atoms with Gasteiger partial charge in [-0.15, -0.1) is 0 Å². The highest BCUT2D eigenvalue weighted by molar-refractivity contribution is 6.10. The number of aromatic nitrogens is 2. The fourth-order valence-electron chi connectivity index (χ4n) is 1.64. The molecule has 0 aliphatic rings. The molecule has 0 unspecified atom stereocenters. The Bertz CT molecular complexity index is 567. The number of hydrogen-bond donors (Lipinski definition) is 1. The van der Waals surface area contributed by atoms with E-state index in [-0.39, 0.29) is 5.78 Å². The standard InChI is InChI=1S/C13H15N3O/c1-8-4-6-10(7-5-8)12(17)11-13(14)16(3)9(2)15-11/h4-7H,14H2,1-3H3. The summed E-state index contributed by atoms with van der Waals surface area (Å²) in [7, 11) is 1.80. The average molecular weight is 229 g/mol. The second-order valence-corrected chi connectivity index (χ2v) is 4.15. The van der Waals surface area contributed by atoms with E-state index in [9.17, 15) is 4.79 Å². The van der Waals surface area contributed by atoms with Crippen LogP contribution in [0.25, 0.3) is 0 Å². The molecule has 1 aromatic carbocycles. The Morgan fingerprint density at radius 1 is 1.24 bits per heavy atom. The summed E-state index contributed by atoms with van der Waals surface area (Å²) in [5, 5.41) is 0. The topological polar surface area (TPSA) is 60.9 Å². The highest BCUT2D eigenvalue weighted by Gasteiger charge is 2.18. The molecule has 0 amide bonds. The van der Waals surface area contributed by atoms with Gasteiger partial charge < -0.3 is 10.3 Å². The van der Waals surface area contributed by atoms with Crippen molar-refractivity contribution in [1.82, 2.24) is 9.55 Å². The maximum atomic E-state index is 12.2. The van der Waals surface area contributed by atoms with E-state index < -0.39 is 0 Å². The molecule has 0 fully saturated rings. The van der Waals surface area contributed by atoms with Crippen molar-refractivity contribution >= 4 is 11.6 Å². The number of carbonyl (C=O) groups is 1. The van der Waals surface area contributed by atoms with Crippen LogP contribution < -0.4 is 5.73 Å². The van der Waals surface area contributed by atoms with Crippen LogP contribution in [0, 0.1) is 13.8 Å². The van der Waals surface area contributed by atoms with Gasteiger partial charge in [-0.2, -0.15) is 0 Å². The molecule has 2 rings (SSSR count). The minimum Gasteiger partial charge on any atom is -0.383 e. The van der Waals surface area contributed by atoms with E-state index in [1.165, 1.54) is 0 Å². The van der Waals surface area contributed by atoms with Crippen LogP contribution in [0.15, 0.2) is 24.3 Å². The van der Waals surface area contributed by atoms with Crippen LogP contribution in [0.1, 0.15) is 27.4 Å². The molecule has 0 saturated heterocycles. The van der Waals surface area contributed by atoms with Gasteiger partial charge in [-0.3, -0.25) is 4.79 Å². The fourth-order valence-corrected chi connectivity index (χ4v) is 1.64. The summed E-state index contributed by atoms with van der Waals surface area (Å²) in [6.07, 6.45) is 0. The lowest BCUT2D eigenvalue weighted by atomic mass is 10.1. The average Bonchev–Trinajstić information content (AvgIpc) is 2.57. The molecule has 0 atom stereocenters. The maximum absolute atomic E-state index is 12.2. The lowest BCUT2D eigenvalue weighted by Crippen LogP contribution is -2.06. The van der Waals surface area contributed by atoms with Gasteiger partial charge in [0.15, 0.2) is 5.69 Å². The summed E-state index contributed by atoms with van der Waals surface area (Å²) in [6.45, 7) is 3.80. The van der Waals surface area contributed by atoms with Gasteiger partial charge >= 0.3 is 0 Å². The number of rotatable bonds is 2. The Balaban J connectivity index is 2.44. The molecule has 4 nitrogen and oxygen atoms in total. The zero-order valence-corrected chi connectivity index (χ0v) is 10.2. The number of nitrogens with zero attached hydrogens (tertiary/aromatic N) is 2. The molecule has 0 radical (unpaired) electrons. The molecule has 17 heavy (non-hydrogen) atoms. The van der Waals surface area contributed by atoms with E-state index in [0.29, 0.717) is 17.1 Å². The third-order valence-corrected chi connectivity index (χ3v) is 2.89. The minimum absolute atomic E-state index is 0.133. The maximum Gasteiger partial charge on any atom is 0.215 e. The van der Waals surface area contributed by atoms with Crippen LogP contribution in [0.2, 0.25) is 0 Å². The van der Waals surface area contributed by atoms with Crippen LogP contribution in [0.3, 0.4) is 0 Å². The lowest BCUT2D eigenvalue weighted by molar-refractivity contribution is 0.103. The Morgan fingerprint density at radius 3 is 2.29 bits per heavy atom. The van der Waals surface area contributed by atoms with Crippen LogP contribution >= 0.6 is 0 Å². The summed E-state index contributed by atoms with van der Waals surface area (Å²) in [4.78, 5) is 16.4. The van der Waals surface area contributed by atoms with Crippen molar-refractivity contribution in [3.05, 3.63) is 46.9 Å². The normalized spacial score (nSPS) is 10.5. The first-order valence-corrected chi connectivity index (χ1v) is 5.41. The SMILES string of the molecule is Cc1ccc(C(=O)c2nc(C)n(C)c2N)cc1. The molecule has 2 aromatic rings. The van der Waals surface area contributed by atoms with Gasteiger partial charge in [0.2, 0.25) is 5.78 Å². The zero-order chi connectivity index (χ0) is 12.6. The van der Waals surface area contributed by atoms with Gasteiger partial charge in [0.1, 0.15) is 11.6 Å². The van der Waals surface area contributed by atoms with Crippen molar-refractivity contribution in [2.45, 2.75) is 13.8 Å². The van der Waals surface area contributed by atoms with Gasteiger partial charge in [0, 0.05) is 12.6 Å². The van der Waals surface area contributed by atoms with Crippen molar-refractivity contribution in [3.8, 4) is 0 Å². The second-order valence-electron chi connectivity index (χ2n) is 4.15. The van der Waals surface area contributed by atoms with Crippen LogP contribution in [0.4, 0.5) is 5.82 Å². The number of nitrogen functional groups attached to an aromatic ring is 1. The third kappa shape index (κ3) is 1.93. The summed E-state index contributed by atoms with van der Waals surface area (Å²) < 4.78 is 1.71. The molecular formula is C13H15N3O. The summed E-state index contributed by atoms with van der Waals surface area (Å²) in [5.41, 5.74) is 7.91. The number of anilines is 1. The number of imidazole rings is 1. The number of ketones is 1. The first kappa shape index (κ1) is 11.4. The lowest BCUT2D eigenvalue weighted by Gasteiger charge is -2.00. The first-order chi connectivity index (χ1) is 8.00. The Morgan fingerprint density at radius 2 is 1.82 bits per heavy atom. The predicted molar refractivity (Wildman–Crippen MR) is 67.0 cm³/mol. The molecule has 1 heterocycles. The summed E-state index contributed by atoms with van der Waals surface area (Å²) in [5.74, 6) is 1.01. The van der Waals surface area contributed by atoms with Crippen LogP contribution in [-0.2, 0) is 7.05 Å². The Labute approximate surface area is 100 Å². The highest BCUT2D eigenvalue weighted by atomic mass is 16.1. The zero-order valence-electron chi connectivity index (χ0n) is 10.2. The number of nitrogens with two attached hydrogens (primary N) is 1. The predicted octanol–water partition coefficient (Wildman–Crippen LogP) is 1.85. The van der Waals surface area contributed by atoms with E-state index in [4.69, 9.17) is 5.73 Å². The molecule has 4 heteroatoms. The van der Waals surface area contributed by atoms with Crippen molar-refractivity contribution < 1.29 is 4.79 Å². The molecular weight excluding hydrogens is 214 g/mol. The summed E-state index contributed by atoms with van der Waals surface area (Å²) in [6, 6.07) is 7.39. The van der Waals surface area contributed by atoms with E-state index in [2.05, 4.69) is 4.98 Å². The van der Waals surface area contributed by atoms with Crippen molar-refractivity contribution in [3.63, 3.8) is 0 Å². The third-order valence-electron chi connectivity index (χ3n) is 2.89. The number of benzene rings is 1. The van der Waals surface area contributed by atoms with Crippen LogP contribution in [-0.4, -0.2) is 15.3 Å². The van der Waals surface area contributed by atoms with Crippen LogP contribution in [0.5, 0.6) is 0 Å². The summed E-state index contributed by atoms with van der Waals surface area (Å²) >= 11 is 0. The van der Waals surface area contributed by atoms with E-state index in [0.717, 1.165) is 11.4 Å². The first-order valence-electron chi connectivity index (χ1n) is 5.41. The molecule has 88 valence electrons.